The topological polar surface area (TPSA) is 90.4 Å². The monoisotopic (exact) mass is 265 g/mol. The van der Waals surface area contributed by atoms with Crippen LogP contribution in [0.25, 0.3) is 0 Å². The summed E-state index contributed by atoms with van der Waals surface area (Å²) in [7, 11) is 0. The Morgan fingerprint density at radius 2 is 2.16 bits per heavy atom. The van der Waals surface area contributed by atoms with Gasteiger partial charge in [-0.1, -0.05) is 5.16 Å². The molecule has 3 N–H and O–H groups in total. The van der Waals surface area contributed by atoms with E-state index in [0.29, 0.717) is 17.1 Å². The molecule has 2 aromatic rings. The molecule has 2 rings (SSSR count). The highest BCUT2D eigenvalue weighted by molar-refractivity contribution is 5.93. The Balaban J connectivity index is 2.13. The zero-order chi connectivity index (χ0) is 13.8. The Hall–Kier alpha value is -2.41. The molecule has 1 amide bonds. The summed E-state index contributed by atoms with van der Waals surface area (Å²) < 4.78 is 23.1. The minimum absolute atomic E-state index is 0.0714. The number of ether oxygens (including phenoxy) is 1. The van der Waals surface area contributed by atoms with E-state index in [1.54, 1.807) is 6.92 Å². The Bertz CT molecular complexity index is 580. The zero-order valence-corrected chi connectivity index (χ0v) is 10.1. The summed E-state index contributed by atoms with van der Waals surface area (Å²) in [6.07, 6.45) is 0. The molecule has 7 heteroatoms. The van der Waals surface area contributed by atoms with Crippen molar-refractivity contribution in [2.75, 3.05) is 0 Å². The number of halogens is 1. The molecule has 0 radical (unpaired) electrons. The van der Waals surface area contributed by atoms with Crippen molar-refractivity contribution in [1.82, 2.24) is 10.6 Å². The molecule has 0 aliphatic heterocycles. The van der Waals surface area contributed by atoms with Gasteiger partial charge in [0.15, 0.2) is 5.69 Å². The Labute approximate surface area is 108 Å². The molecule has 0 unspecified atom stereocenters. The molecular weight excluding hydrogens is 253 g/mol. The number of aromatic nitrogens is 1. The second-order valence-electron chi connectivity index (χ2n) is 3.78. The van der Waals surface area contributed by atoms with Gasteiger partial charge in [0.05, 0.1) is 5.56 Å². The van der Waals surface area contributed by atoms with E-state index in [1.165, 1.54) is 24.3 Å². The van der Waals surface area contributed by atoms with Gasteiger partial charge in [0.2, 0.25) is 0 Å². The second kappa shape index (κ2) is 5.49. The lowest BCUT2D eigenvalue weighted by molar-refractivity contribution is 0.0942. The highest BCUT2D eigenvalue weighted by atomic mass is 19.1. The fourth-order valence-electron chi connectivity index (χ4n) is 1.49. The number of nitrogens with one attached hydrogen (secondary N) is 1. The first-order chi connectivity index (χ1) is 9.11. The summed E-state index contributed by atoms with van der Waals surface area (Å²) >= 11 is 0. The number of hydrogen-bond acceptors (Lipinski definition) is 5. The van der Waals surface area contributed by atoms with Crippen molar-refractivity contribution < 1.29 is 18.4 Å². The summed E-state index contributed by atoms with van der Waals surface area (Å²) in [5.41, 5.74) is 2.54. The lowest BCUT2D eigenvalue weighted by atomic mass is 10.2. The highest BCUT2D eigenvalue weighted by Crippen LogP contribution is 2.18. The van der Waals surface area contributed by atoms with E-state index in [2.05, 4.69) is 5.16 Å². The van der Waals surface area contributed by atoms with Gasteiger partial charge in [0.25, 0.3) is 5.91 Å². The molecular formula is C12H12FN3O3. The van der Waals surface area contributed by atoms with Crippen molar-refractivity contribution in [3.05, 3.63) is 47.1 Å². The molecule has 1 aromatic carbocycles. The SMILES string of the molecule is Cc1onc(C(=O)NN)c1COc1ccc(F)cc1. The van der Waals surface area contributed by atoms with Gasteiger partial charge in [0, 0.05) is 0 Å². The molecule has 6 nitrogen and oxygen atoms in total. The third-order valence-electron chi connectivity index (χ3n) is 2.53. The molecule has 0 aliphatic rings. The van der Waals surface area contributed by atoms with E-state index >= 15 is 0 Å². The molecule has 19 heavy (non-hydrogen) atoms. The summed E-state index contributed by atoms with van der Waals surface area (Å²) in [4.78, 5) is 11.4. The minimum atomic E-state index is -0.561. The first-order valence-electron chi connectivity index (χ1n) is 5.46. The van der Waals surface area contributed by atoms with Crippen molar-refractivity contribution in [3.63, 3.8) is 0 Å². The normalized spacial score (nSPS) is 10.3. The predicted molar refractivity (Wildman–Crippen MR) is 63.6 cm³/mol. The summed E-state index contributed by atoms with van der Waals surface area (Å²) in [6.45, 7) is 1.73. The Morgan fingerprint density at radius 1 is 1.47 bits per heavy atom. The third kappa shape index (κ3) is 2.89. The maximum Gasteiger partial charge on any atom is 0.287 e. The third-order valence-corrected chi connectivity index (χ3v) is 2.53. The number of nitrogen functional groups attached to an aromatic ring is 1. The van der Waals surface area contributed by atoms with Crippen LogP contribution in [-0.4, -0.2) is 11.1 Å². The molecule has 0 aliphatic carbocycles. The molecule has 1 heterocycles. The number of aryl methyl sites for hydroxylation is 1. The van der Waals surface area contributed by atoms with E-state index in [0.717, 1.165) is 0 Å². The van der Waals surface area contributed by atoms with Crippen molar-refractivity contribution >= 4 is 5.91 Å². The van der Waals surface area contributed by atoms with Crippen LogP contribution in [0.1, 0.15) is 21.8 Å². The van der Waals surface area contributed by atoms with E-state index in [1.807, 2.05) is 5.43 Å². The molecule has 0 atom stereocenters. The average Bonchev–Trinajstić information content (AvgIpc) is 2.78. The van der Waals surface area contributed by atoms with Crippen LogP contribution in [-0.2, 0) is 6.61 Å². The van der Waals surface area contributed by atoms with E-state index in [9.17, 15) is 9.18 Å². The first kappa shape index (κ1) is 13.0. The quantitative estimate of drug-likeness (QED) is 0.494. The van der Waals surface area contributed by atoms with Gasteiger partial charge in [-0.25, -0.2) is 10.2 Å². The van der Waals surface area contributed by atoms with Gasteiger partial charge in [-0.2, -0.15) is 0 Å². The lowest BCUT2D eigenvalue weighted by Crippen LogP contribution is -2.31. The van der Waals surface area contributed by atoms with Gasteiger partial charge in [-0.15, -0.1) is 0 Å². The molecule has 0 fully saturated rings. The van der Waals surface area contributed by atoms with Crippen molar-refractivity contribution in [2.45, 2.75) is 13.5 Å². The molecule has 0 saturated carbocycles. The molecule has 0 spiro atoms. The number of benzene rings is 1. The number of nitrogens with two attached hydrogens (primary N) is 1. The number of hydrogen-bond donors (Lipinski definition) is 2. The van der Waals surface area contributed by atoms with Crippen LogP contribution in [0, 0.1) is 12.7 Å². The Morgan fingerprint density at radius 3 is 2.79 bits per heavy atom. The van der Waals surface area contributed by atoms with Crippen LogP contribution in [0.4, 0.5) is 4.39 Å². The molecule has 0 bridgehead atoms. The zero-order valence-electron chi connectivity index (χ0n) is 10.1. The number of amides is 1. The first-order valence-corrected chi connectivity index (χ1v) is 5.46. The standard InChI is InChI=1S/C12H12FN3O3/c1-7-10(11(16-19-7)12(17)15-14)6-18-9-4-2-8(13)3-5-9/h2-5H,6,14H2,1H3,(H,15,17). The van der Waals surface area contributed by atoms with Crippen LogP contribution in [0.3, 0.4) is 0 Å². The minimum Gasteiger partial charge on any atom is -0.489 e. The second-order valence-corrected chi connectivity index (χ2v) is 3.78. The number of nitrogens with zero attached hydrogens (tertiary/aromatic N) is 1. The van der Waals surface area contributed by atoms with Crippen molar-refractivity contribution in [1.29, 1.82) is 0 Å². The lowest BCUT2D eigenvalue weighted by Gasteiger charge is -2.06. The number of hydrazine groups is 1. The summed E-state index contributed by atoms with van der Waals surface area (Å²) in [5.74, 6) is 5.06. The van der Waals surface area contributed by atoms with Gasteiger partial charge < -0.3 is 9.26 Å². The fourth-order valence-corrected chi connectivity index (χ4v) is 1.49. The molecule has 100 valence electrons. The van der Waals surface area contributed by atoms with Gasteiger partial charge in [-0.05, 0) is 31.2 Å². The van der Waals surface area contributed by atoms with Crippen LogP contribution in [0.2, 0.25) is 0 Å². The molecule has 1 aromatic heterocycles. The Kier molecular flexibility index (Phi) is 3.76. The largest absolute Gasteiger partial charge is 0.489 e. The maximum absolute atomic E-state index is 12.7. The van der Waals surface area contributed by atoms with Crippen LogP contribution in [0.5, 0.6) is 5.75 Å². The maximum atomic E-state index is 12.7. The van der Waals surface area contributed by atoms with E-state index in [-0.39, 0.29) is 18.1 Å². The number of carbonyl (C=O) groups excluding carboxylic acids is 1. The summed E-state index contributed by atoms with van der Waals surface area (Å²) in [6, 6.07) is 5.54. The highest BCUT2D eigenvalue weighted by Gasteiger charge is 2.19. The van der Waals surface area contributed by atoms with Crippen LogP contribution < -0.4 is 16.0 Å². The number of rotatable bonds is 4. The van der Waals surface area contributed by atoms with Crippen LogP contribution >= 0.6 is 0 Å². The van der Waals surface area contributed by atoms with Gasteiger partial charge in [-0.3, -0.25) is 10.2 Å². The smallest absolute Gasteiger partial charge is 0.287 e. The summed E-state index contributed by atoms with van der Waals surface area (Å²) in [5, 5.41) is 3.61. The van der Waals surface area contributed by atoms with Crippen LogP contribution in [0.15, 0.2) is 28.8 Å². The van der Waals surface area contributed by atoms with Crippen molar-refractivity contribution in [2.24, 2.45) is 5.84 Å². The number of carbonyl (C=O) groups is 1. The van der Waals surface area contributed by atoms with E-state index < -0.39 is 5.91 Å². The van der Waals surface area contributed by atoms with Gasteiger partial charge >= 0.3 is 0 Å². The average molecular weight is 265 g/mol. The predicted octanol–water partition coefficient (Wildman–Crippen LogP) is 1.30. The van der Waals surface area contributed by atoms with Gasteiger partial charge in [0.1, 0.15) is 23.9 Å². The molecule has 0 saturated heterocycles. The fraction of sp³-hybridized carbons (Fsp3) is 0.167. The van der Waals surface area contributed by atoms with Crippen molar-refractivity contribution in [3.8, 4) is 5.75 Å². The van der Waals surface area contributed by atoms with E-state index in [4.69, 9.17) is 15.1 Å².